The monoisotopic (exact) mass is 289 g/mol. The van der Waals surface area contributed by atoms with Crippen LogP contribution in [0.15, 0.2) is 18.2 Å². The van der Waals surface area contributed by atoms with Crippen molar-refractivity contribution >= 4 is 9.84 Å². The molecule has 108 valence electrons. The van der Waals surface area contributed by atoms with Crippen LogP contribution in [-0.4, -0.2) is 26.5 Å². The van der Waals surface area contributed by atoms with E-state index in [2.05, 4.69) is 0 Å². The Morgan fingerprint density at radius 1 is 1.37 bits per heavy atom. The second-order valence-corrected chi connectivity index (χ2v) is 6.78. The summed E-state index contributed by atoms with van der Waals surface area (Å²) < 4.78 is 41.7. The van der Waals surface area contributed by atoms with Crippen molar-refractivity contribution in [2.45, 2.75) is 26.3 Å². The molecule has 0 spiro atoms. The molecule has 0 aliphatic carbocycles. The second kappa shape index (κ2) is 6.86. The Kier molecular flexibility index (Phi) is 5.75. The van der Waals surface area contributed by atoms with E-state index in [-0.39, 0.29) is 29.9 Å². The lowest BCUT2D eigenvalue weighted by Gasteiger charge is -2.10. The second-order valence-electron chi connectivity index (χ2n) is 4.48. The molecule has 1 rings (SSSR count). The fourth-order valence-corrected chi connectivity index (χ4v) is 2.77. The zero-order valence-electron chi connectivity index (χ0n) is 11.2. The number of hydrogen-bond acceptors (Lipinski definition) is 4. The highest BCUT2D eigenvalue weighted by Crippen LogP contribution is 2.21. The van der Waals surface area contributed by atoms with Crippen molar-refractivity contribution in [1.29, 1.82) is 0 Å². The van der Waals surface area contributed by atoms with Crippen LogP contribution in [-0.2, 0) is 9.84 Å². The minimum atomic E-state index is -3.10. The smallest absolute Gasteiger partial charge is 0.165 e. The Bertz CT molecular complexity index is 515. The summed E-state index contributed by atoms with van der Waals surface area (Å²) >= 11 is 0. The predicted molar refractivity (Wildman–Crippen MR) is 73.4 cm³/mol. The fourth-order valence-electron chi connectivity index (χ4n) is 1.61. The molecule has 0 aromatic heterocycles. The molecule has 1 atom stereocenters. The van der Waals surface area contributed by atoms with Gasteiger partial charge in [0, 0.05) is 6.04 Å². The summed E-state index contributed by atoms with van der Waals surface area (Å²) in [6.45, 7) is 3.51. The molecule has 19 heavy (non-hydrogen) atoms. The van der Waals surface area contributed by atoms with Crippen LogP contribution < -0.4 is 10.5 Å². The summed E-state index contributed by atoms with van der Waals surface area (Å²) in [6, 6.07) is 4.19. The Morgan fingerprint density at radius 2 is 2.05 bits per heavy atom. The summed E-state index contributed by atoms with van der Waals surface area (Å²) in [4.78, 5) is 0. The third-order valence-electron chi connectivity index (χ3n) is 2.65. The molecular formula is C13H20FNO3S. The molecule has 4 nitrogen and oxygen atoms in total. The van der Waals surface area contributed by atoms with Crippen LogP contribution in [0.3, 0.4) is 0 Å². The molecule has 0 saturated heterocycles. The minimum Gasteiger partial charge on any atom is -0.489 e. The van der Waals surface area contributed by atoms with Crippen LogP contribution in [0.2, 0.25) is 0 Å². The highest BCUT2D eigenvalue weighted by molar-refractivity contribution is 7.91. The van der Waals surface area contributed by atoms with Crippen LogP contribution >= 0.6 is 0 Å². The molecule has 0 aliphatic rings. The van der Waals surface area contributed by atoms with E-state index in [4.69, 9.17) is 10.5 Å². The van der Waals surface area contributed by atoms with Crippen molar-refractivity contribution in [3.63, 3.8) is 0 Å². The number of ether oxygens (including phenoxy) is 1. The van der Waals surface area contributed by atoms with Gasteiger partial charge in [0.15, 0.2) is 21.4 Å². The number of rotatable bonds is 7. The van der Waals surface area contributed by atoms with Gasteiger partial charge >= 0.3 is 0 Å². The molecule has 0 aliphatic heterocycles. The number of benzene rings is 1. The molecule has 0 bridgehead atoms. The number of hydrogen-bond donors (Lipinski definition) is 1. The first-order valence-corrected chi connectivity index (χ1v) is 8.06. The fraction of sp³-hybridized carbons (Fsp3) is 0.538. The summed E-state index contributed by atoms with van der Waals surface area (Å²) in [5.74, 6) is -0.448. The van der Waals surface area contributed by atoms with Crippen molar-refractivity contribution in [3.8, 4) is 5.75 Å². The molecule has 0 amide bonds. The van der Waals surface area contributed by atoms with Gasteiger partial charge in [-0.2, -0.15) is 0 Å². The van der Waals surface area contributed by atoms with Gasteiger partial charge in [-0.3, -0.25) is 0 Å². The van der Waals surface area contributed by atoms with Crippen molar-refractivity contribution < 1.29 is 17.5 Å². The first-order chi connectivity index (χ1) is 8.85. The molecule has 0 fully saturated rings. The van der Waals surface area contributed by atoms with E-state index in [1.807, 2.05) is 0 Å². The van der Waals surface area contributed by atoms with E-state index in [1.165, 1.54) is 12.1 Å². The van der Waals surface area contributed by atoms with Gasteiger partial charge in [0.05, 0.1) is 11.5 Å². The van der Waals surface area contributed by atoms with Crippen molar-refractivity contribution in [2.24, 2.45) is 5.73 Å². The maximum absolute atomic E-state index is 13.6. The minimum absolute atomic E-state index is 0.0449. The normalized spacial score (nSPS) is 13.3. The molecule has 0 saturated carbocycles. The largest absolute Gasteiger partial charge is 0.489 e. The average molecular weight is 289 g/mol. The third kappa shape index (κ3) is 5.16. The van der Waals surface area contributed by atoms with Crippen LogP contribution in [0.5, 0.6) is 5.75 Å². The molecule has 0 radical (unpaired) electrons. The lowest BCUT2D eigenvalue weighted by molar-refractivity contribution is 0.322. The standard InChI is InChI=1S/C13H20FNO3S/c1-3-7-19(16,17)8-6-18-13-5-4-11(10(2)15)9-12(13)14/h4-5,9-10H,3,6-8,15H2,1-2H3/t10-/m0/s1. The van der Waals surface area contributed by atoms with Gasteiger partial charge in [-0.25, -0.2) is 12.8 Å². The van der Waals surface area contributed by atoms with E-state index in [0.29, 0.717) is 12.0 Å². The highest BCUT2D eigenvalue weighted by Gasteiger charge is 2.11. The topological polar surface area (TPSA) is 69.4 Å². The number of halogens is 1. The van der Waals surface area contributed by atoms with Gasteiger partial charge in [0.1, 0.15) is 6.61 Å². The lowest BCUT2D eigenvalue weighted by atomic mass is 10.1. The molecule has 0 unspecified atom stereocenters. The maximum Gasteiger partial charge on any atom is 0.165 e. The van der Waals surface area contributed by atoms with Crippen molar-refractivity contribution in [3.05, 3.63) is 29.6 Å². The Hall–Kier alpha value is -1.14. The quantitative estimate of drug-likeness (QED) is 0.834. The van der Waals surface area contributed by atoms with Crippen LogP contribution in [0.1, 0.15) is 31.9 Å². The highest BCUT2D eigenvalue weighted by atomic mass is 32.2. The summed E-state index contributed by atoms with van der Waals surface area (Å²) in [5, 5.41) is 0. The Labute approximate surface area is 113 Å². The molecule has 0 heterocycles. The summed E-state index contributed by atoms with van der Waals surface area (Å²) in [7, 11) is -3.10. The van der Waals surface area contributed by atoms with Gasteiger partial charge in [-0.05, 0) is 31.0 Å². The van der Waals surface area contributed by atoms with Gasteiger partial charge in [0.2, 0.25) is 0 Å². The van der Waals surface area contributed by atoms with E-state index < -0.39 is 15.7 Å². The van der Waals surface area contributed by atoms with Crippen molar-refractivity contribution in [2.75, 3.05) is 18.1 Å². The molecule has 1 aromatic carbocycles. The zero-order valence-corrected chi connectivity index (χ0v) is 12.0. The SMILES string of the molecule is CCCS(=O)(=O)CCOc1ccc([C@H](C)N)cc1F. The van der Waals surface area contributed by atoms with E-state index in [0.717, 1.165) is 0 Å². The molecule has 2 N–H and O–H groups in total. The van der Waals surface area contributed by atoms with Crippen LogP contribution in [0.25, 0.3) is 0 Å². The van der Waals surface area contributed by atoms with Gasteiger partial charge in [0.25, 0.3) is 0 Å². The summed E-state index contributed by atoms with van der Waals surface area (Å²) in [6.07, 6.45) is 0.569. The predicted octanol–water partition coefficient (Wildman–Crippen LogP) is 2.05. The van der Waals surface area contributed by atoms with E-state index in [9.17, 15) is 12.8 Å². The van der Waals surface area contributed by atoms with Crippen molar-refractivity contribution in [1.82, 2.24) is 0 Å². The molecule has 1 aromatic rings. The van der Waals surface area contributed by atoms with Gasteiger partial charge < -0.3 is 10.5 Å². The van der Waals surface area contributed by atoms with E-state index in [1.54, 1.807) is 19.9 Å². The van der Waals surface area contributed by atoms with Crippen LogP contribution in [0.4, 0.5) is 4.39 Å². The number of nitrogens with two attached hydrogens (primary N) is 1. The molecular weight excluding hydrogens is 269 g/mol. The first-order valence-electron chi connectivity index (χ1n) is 6.24. The zero-order chi connectivity index (χ0) is 14.5. The molecule has 6 heteroatoms. The lowest BCUT2D eigenvalue weighted by Crippen LogP contribution is -2.17. The van der Waals surface area contributed by atoms with E-state index >= 15 is 0 Å². The van der Waals surface area contributed by atoms with Crippen LogP contribution in [0, 0.1) is 5.82 Å². The van der Waals surface area contributed by atoms with Gasteiger partial charge in [-0.1, -0.05) is 13.0 Å². The third-order valence-corrected chi connectivity index (χ3v) is 4.47. The Balaban J connectivity index is 2.59. The average Bonchev–Trinajstić information content (AvgIpc) is 2.30. The van der Waals surface area contributed by atoms with Gasteiger partial charge in [-0.15, -0.1) is 0 Å². The maximum atomic E-state index is 13.6. The first kappa shape index (κ1) is 15.9. The Morgan fingerprint density at radius 3 is 2.58 bits per heavy atom. The number of sulfone groups is 1. The summed E-state index contributed by atoms with van der Waals surface area (Å²) in [5.41, 5.74) is 6.31.